The van der Waals surface area contributed by atoms with Gasteiger partial charge in [0.05, 0.1) is 0 Å². The second-order valence-electron chi connectivity index (χ2n) is 5.30. The number of hydrogen-bond acceptors (Lipinski definition) is 4. The van der Waals surface area contributed by atoms with Gasteiger partial charge in [0.1, 0.15) is 5.82 Å². The van der Waals surface area contributed by atoms with E-state index in [9.17, 15) is 4.79 Å². The van der Waals surface area contributed by atoms with Gasteiger partial charge in [-0.3, -0.25) is 4.79 Å². The summed E-state index contributed by atoms with van der Waals surface area (Å²) in [6.07, 6.45) is 4.87. The molecule has 104 valence electrons. The van der Waals surface area contributed by atoms with Gasteiger partial charge in [-0.1, -0.05) is 6.92 Å². The van der Waals surface area contributed by atoms with Gasteiger partial charge in [0.2, 0.25) is 0 Å². The summed E-state index contributed by atoms with van der Waals surface area (Å²) in [7, 11) is 2.11. The standard InChI is InChI=1S/C15H23N3O/c1-4-18-7-5-14(6-8-18)17(3)15-12(2)9-13(11-19)10-16-15/h9-11,14H,4-8H2,1-3H3. The monoisotopic (exact) mass is 261 g/mol. The quantitative estimate of drug-likeness (QED) is 0.778. The molecule has 0 atom stereocenters. The lowest BCUT2D eigenvalue weighted by molar-refractivity contribution is 0.112. The van der Waals surface area contributed by atoms with Crippen LogP contribution in [-0.4, -0.2) is 48.9 Å². The molecule has 0 aliphatic carbocycles. The number of piperidine rings is 1. The molecule has 4 nitrogen and oxygen atoms in total. The molecule has 1 fully saturated rings. The van der Waals surface area contributed by atoms with Gasteiger partial charge < -0.3 is 9.80 Å². The van der Waals surface area contributed by atoms with Gasteiger partial charge in [-0.05, 0) is 37.9 Å². The summed E-state index contributed by atoms with van der Waals surface area (Å²) in [5, 5.41) is 0. The van der Waals surface area contributed by atoms with E-state index in [-0.39, 0.29) is 0 Å². The zero-order chi connectivity index (χ0) is 13.8. The molecule has 0 aromatic carbocycles. The first-order valence-corrected chi connectivity index (χ1v) is 7.02. The molecule has 2 rings (SSSR count). The van der Waals surface area contributed by atoms with Crippen LogP contribution in [-0.2, 0) is 0 Å². The minimum absolute atomic E-state index is 0.552. The molecule has 0 N–H and O–H groups in total. The lowest BCUT2D eigenvalue weighted by atomic mass is 10.0. The number of rotatable bonds is 4. The highest BCUT2D eigenvalue weighted by molar-refractivity contribution is 5.75. The number of pyridine rings is 1. The van der Waals surface area contributed by atoms with Crippen LogP contribution in [0.25, 0.3) is 0 Å². The molecule has 1 aromatic rings. The van der Waals surface area contributed by atoms with E-state index in [1.54, 1.807) is 6.20 Å². The molecule has 1 saturated heterocycles. The third-order valence-electron chi connectivity index (χ3n) is 4.09. The van der Waals surface area contributed by atoms with E-state index in [4.69, 9.17) is 0 Å². The lowest BCUT2D eigenvalue weighted by Crippen LogP contribution is -2.43. The Morgan fingerprint density at radius 3 is 2.68 bits per heavy atom. The van der Waals surface area contributed by atoms with Crippen molar-refractivity contribution in [2.24, 2.45) is 0 Å². The van der Waals surface area contributed by atoms with E-state index in [1.165, 1.54) is 12.8 Å². The van der Waals surface area contributed by atoms with Gasteiger partial charge in [-0.2, -0.15) is 0 Å². The first-order valence-electron chi connectivity index (χ1n) is 7.02. The van der Waals surface area contributed by atoms with Crippen LogP contribution in [0.15, 0.2) is 12.3 Å². The predicted molar refractivity (Wildman–Crippen MR) is 77.9 cm³/mol. The molecule has 1 aromatic heterocycles. The molecule has 0 amide bonds. The fourth-order valence-corrected chi connectivity index (χ4v) is 2.82. The van der Waals surface area contributed by atoms with Crippen LogP contribution in [0.3, 0.4) is 0 Å². The fourth-order valence-electron chi connectivity index (χ4n) is 2.82. The van der Waals surface area contributed by atoms with Gasteiger partial charge >= 0.3 is 0 Å². The molecule has 4 heteroatoms. The topological polar surface area (TPSA) is 36.4 Å². The molecule has 0 radical (unpaired) electrons. The summed E-state index contributed by atoms with van der Waals surface area (Å²) in [6, 6.07) is 2.46. The van der Waals surface area contributed by atoms with Gasteiger partial charge in [-0.15, -0.1) is 0 Å². The van der Waals surface area contributed by atoms with Gasteiger partial charge in [0.25, 0.3) is 0 Å². The summed E-state index contributed by atoms with van der Waals surface area (Å²) < 4.78 is 0. The largest absolute Gasteiger partial charge is 0.356 e. The highest BCUT2D eigenvalue weighted by Crippen LogP contribution is 2.23. The zero-order valence-corrected chi connectivity index (χ0v) is 12.1. The minimum Gasteiger partial charge on any atom is -0.356 e. The predicted octanol–water partition coefficient (Wildman–Crippen LogP) is 2.12. The number of aryl methyl sites for hydroxylation is 1. The van der Waals surface area contributed by atoms with Crippen molar-refractivity contribution in [1.29, 1.82) is 0 Å². The maximum absolute atomic E-state index is 10.8. The highest BCUT2D eigenvalue weighted by Gasteiger charge is 2.23. The molecule has 2 heterocycles. The van der Waals surface area contributed by atoms with Crippen molar-refractivity contribution >= 4 is 12.1 Å². The van der Waals surface area contributed by atoms with Crippen molar-refractivity contribution in [2.45, 2.75) is 32.7 Å². The Morgan fingerprint density at radius 2 is 2.16 bits per heavy atom. The van der Waals surface area contributed by atoms with Crippen LogP contribution in [0, 0.1) is 6.92 Å². The van der Waals surface area contributed by atoms with E-state index in [0.29, 0.717) is 11.6 Å². The Morgan fingerprint density at radius 1 is 1.47 bits per heavy atom. The zero-order valence-electron chi connectivity index (χ0n) is 12.1. The van der Waals surface area contributed by atoms with Crippen molar-refractivity contribution in [2.75, 3.05) is 31.6 Å². The van der Waals surface area contributed by atoms with Gasteiger partial charge in [-0.25, -0.2) is 4.98 Å². The van der Waals surface area contributed by atoms with Crippen molar-refractivity contribution in [1.82, 2.24) is 9.88 Å². The molecule has 0 unspecified atom stereocenters. The Balaban J connectivity index is 2.07. The molecule has 0 bridgehead atoms. The van der Waals surface area contributed by atoms with Gasteiger partial charge in [0, 0.05) is 37.9 Å². The Bertz CT molecular complexity index is 439. The minimum atomic E-state index is 0.552. The number of carbonyl (C=O) groups is 1. The van der Waals surface area contributed by atoms with Crippen LogP contribution >= 0.6 is 0 Å². The van der Waals surface area contributed by atoms with E-state index in [1.807, 2.05) is 13.0 Å². The lowest BCUT2D eigenvalue weighted by Gasteiger charge is -2.37. The molecular formula is C15H23N3O. The number of carbonyl (C=O) groups excluding carboxylic acids is 1. The fraction of sp³-hybridized carbons (Fsp3) is 0.600. The SMILES string of the molecule is CCN1CCC(N(C)c2ncc(C=O)cc2C)CC1. The number of anilines is 1. The van der Waals surface area contributed by atoms with Gasteiger partial charge in [0.15, 0.2) is 6.29 Å². The molecule has 1 aliphatic rings. The summed E-state index contributed by atoms with van der Waals surface area (Å²) in [5.74, 6) is 1.00. The van der Waals surface area contributed by atoms with Crippen LogP contribution in [0.2, 0.25) is 0 Å². The van der Waals surface area contributed by atoms with Crippen LogP contribution in [0.4, 0.5) is 5.82 Å². The average molecular weight is 261 g/mol. The summed E-state index contributed by atoms with van der Waals surface area (Å²) in [4.78, 5) is 20.0. The van der Waals surface area contributed by atoms with Crippen LogP contribution in [0.1, 0.15) is 35.7 Å². The Labute approximate surface area is 115 Å². The first kappa shape index (κ1) is 14.0. The number of aldehydes is 1. The van der Waals surface area contributed by atoms with E-state index in [2.05, 4.69) is 28.8 Å². The van der Waals surface area contributed by atoms with Crippen molar-refractivity contribution in [3.63, 3.8) is 0 Å². The molecule has 0 spiro atoms. The molecule has 0 saturated carbocycles. The Hall–Kier alpha value is -1.42. The van der Waals surface area contributed by atoms with Crippen LogP contribution < -0.4 is 4.90 Å². The number of nitrogens with zero attached hydrogens (tertiary/aromatic N) is 3. The smallest absolute Gasteiger partial charge is 0.151 e. The molecular weight excluding hydrogens is 238 g/mol. The summed E-state index contributed by atoms with van der Waals surface area (Å²) in [5.41, 5.74) is 1.72. The second kappa shape index (κ2) is 6.15. The number of hydrogen-bond donors (Lipinski definition) is 0. The van der Waals surface area contributed by atoms with E-state index >= 15 is 0 Å². The first-order chi connectivity index (χ1) is 9.15. The average Bonchev–Trinajstić information content (AvgIpc) is 2.46. The normalized spacial score (nSPS) is 17.4. The second-order valence-corrected chi connectivity index (χ2v) is 5.30. The van der Waals surface area contributed by atoms with E-state index in [0.717, 1.165) is 37.3 Å². The maximum atomic E-state index is 10.8. The number of aromatic nitrogens is 1. The van der Waals surface area contributed by atoms with Crippen molar-refractivity contribution in [3.05, 3.63) is 23.4 Å². The third-order valence-corrected chi connectivity index (χ3v) is 4.09. The van der Waals surface area contributed by atoms with Crippen LogP contribution in [0.5, 0.6) is 0 Å². The summed E-state index contributed by atoms with van der Waals surface area (Å²) in [6.45, 7) is 7.70. The van der Waals surface area contributed by atoms with Crippen molar-refractivity contribution in [3.8, 4) is 0 Å². The van der Waals surface area contributed by atoms with Crippen molar-refractivity contribution < 1.29 is 4.79 Å². The molecule has 19 heavy (non-hydrogen) atoms. The number of likely N-dealkylation sites (tertiary alicyclic amines) is 1. The maximum Gasteiger partial charge on any atom is 0.151 e. The molecule has 1 aliphatic heterocycles. The Kier molecular flexibility index (Phi) is 4.53. The summed E-state index contributed by atoms with van der Waals surface area (Å²) >= 11 is 0. The third kappa shape index (κ3) is 3.13. The van der Waals surface area contributed by atoms with E-state index < -0.39 is 0 Å². The highest BCUT2D eigenvalue weighted by atomic mass is 16.1.